The molecular weight excluding hydrogens is 364 g/mol. The molecule has 1 aliphatic heterocycles. The Morgan fingerprint density at radius 2 is 1.92 bits per heavy atom. The number of fused-ring (bicyclic) bond motifs is 1. The lowest BCUT2D eigenvalue weighted by Crippen LogP contribution is -1.93. The van der Waals surface area contributed by atoms with Crippen LogP contribution in [-0.4, -0.2) is 11.8 Å². The van der Waals surface area contributed by atoms with Crippen molar-refractivity contribution < 1.29 is 18.3 Å². The molecule has 0 radical (unpaired) electrons. The summed E-state index contributed by atoms with van der Waals surface area (Å²) in [5, 5.41) is 3.00. The Kier molecular flexibility index (Phi) is 4.59. The molecule has 0 amide bonds. The van der Waals surface area contributed by atoms with Crippen molar-refractivity contribution in [2.45, 2.75) is 17.1 Å². The van der Waals surface area contributed by atoms with E-state index in [4.69, 9.17) is 9.47 Å². The highest BCUT2D eigenvalue weighted by Gasteiger charge is 2.14. The lowest BCUT2D eigenvalue weighted by Gasteiger charge is -2.01. The number of hydrogen-bond donors (Lipinski definition) is 0. The third kappa shape index (κ3) is 3.77. The van der Waals surface area contributed by atoms with Crippen LogP contribution in [0, 0.1) is 11.6 Å². The van der Waals surface area contributed by atoms with E-state index in [0.717, 1.165) is 40.3 Å². The molecule has 4 rings (SSSR count). The molecule has 0 N–H and O–H groups in total. The molecular formula is C18H13F2NO2S2. The molecule has 0 saturated heterocycles. The molecule has 1 aromatic heterocycles. The third-order valence-electron chi connectivity index (χ3n) is 3.67. The van der Waals surface area contributed by atoms with Crippen LogP contribution in [-0.2, 0) is 12.2 Å². The van der Waals surface area contributed by atoms with Crippen molar-refractivity contribution in [3.8, 4) is 11.5 Å². The van der Waals surface area contributed by atoms with Crippen LogP contribution in [0.2, 0.25) is 0 Å². The number of hydrogen-bond acceptors (Lipinski definition) is 5. The Morgan fingerprint density at radius 3 is 2.80 bits per heavy atom. The summed E-state index contributed by atoms with van der Waals surface area (Å²) in [7, 11) is 0. The smallest absolute Gasteiger partial charge is 0.231 e. The van der Waals surface area contributed by atoms with Gasteiger partial charge in [-0.05, 0) is 35.9 Å². The van der Waals surface area contributed by atoms with Gasteiger partial charge in [0.2, 0.25) is 6.79 Å². The summed E-state index contributed by atoms with van der Waals surface area (Å²) in [4.78, 5) is 5.30. The predicted octanol–water partition coefficient (Wildman–Crippen LogP) is 5.03. The molecule has 128 valence electrons. The first kappa shape index (κ1) is 16.4. The first-order valence-corrected chi connectivity index (χ1v) is 9.43. The van der Waals surface area contributed by atoms with Gasteiger partial charge < -0.3 is 9.47 Å². The summed E-state index contributed by atoms with van der Waals surface area (Å²) in [5.41, 5.74) is 2.04. The molecule has 0 aliphatic carbocycles. The van der Waals surface area contributed by atoms with E-state index in [1.807, 2.05) is 23.6 Å². The second-order valence-electron chi connectivity index (χ2n) is 5.46. The van der Waals surface area contributed by atoms with Crippen molar-refractivity contribution in [2.24, 2.45) is 0 Å². The summed E-state index contributed by atoms with van der Waals surface area (Å²) >= 11 is 3.02. The zero-order valence-electron chi connectivity index (χ0n) is 13.0. The number of thiazole rings is 1. The van der Waals surface area contributed by atoms with Crippen LogP contribution in [0.15, 0.2) is 46.7 Å². The standard InChI is InChI=1S/C18H13F2NO2S2/c19-14-3-2-13(7-15(14)20)24-8-12-9-25-18(21-12)6-11-1-4-16-17(5-11)23-10-22-16/h1-5,7,9H,6,8,10H2. The van der Waals surface area contributed by atoms with Crippen molar-refractivity contribution in [3.63, 3.8) is 0 Å². The van der Waals surface area contributed by atoms with E-state index in [2.05, 4.69) is 4.98 Å². The molecule has 2 aromatic carbocycles. The Labute approximate surface area is 151 Å². The Balaban J connectivity index is 1.39. The summed E-state index contributed by atoms with van der Waals surface area (Å²) in [6.45, 7) is 0.265. The zero-order chi connectivity index (χ0) is 17.2. The molecule has 0 spiro atoms. The molecule has 7 heteroatoms. The minimum atomic E-state index is -0.830. The van der Waals surface area contributed by atoms with Crippen LogP contribution < -0.4 is 9.47 Å². The normalized spacial score (nSPS) is 12.6. The summed E-state index contributed by atoms with van der Waals surface area (Å²) < 4.78 is 36.9. The SMILES string of the molecule is Fc1ccc(SCc2csc(Cc3ccc4c(c3)OCO4)n2)cc1F. The van der Waals surface area contributed by atoms with Crippen molar-refractivity contribution in [2.75, 3.05) is 6.79 Å². The van der Waals surface area contributed by atoms with Crippen LogP contribution in [0.4, 0.5) is 8.78 Å². The Bertz CT molecular complexity index is 914. The predicted molar refractivity (Wildman–Crippen MR) is 93.4 cm³/mol. The number of aromatic nitrogens is 1. The lowest BCUT2D eigenvalue weighted by molar-refractivity contribution is 0.174. The first-order valence-electron chi connectivity index (χ1n) is 7.57. The molecule has 0 bridgehead atoms. The molecule has 0 fully saturated rings. The van der Waals surface area contributed by atoms with Crippen LogP contribution >= 0.6 is 23.1 Å². The number of ether oxygens (including phenoxy) is 2. The van der Waals surface area contributed by atoms with Gasteiger partial charge in [-0.15, -0.1) is 23.1 Å². The van der Waals surface area contributed by atoms with Gasteiger partial charge in [0.25, 0.3) is 0 Å². The van der Waals surface area contributed by atoms with Gasteiger partial charge in [0.05, 0.1) is 10.7 Å². The van der Waals surface area contributed by atoms with E-state index in [1.54, 1.807) is 17.4 Å². The van der Waals surface area contributed by atoms with E-state index in [-0.39, 0.29) is 6.79 Å². The van der Waals surface area contributed by atoms with E-state index < -0.39 is 11.6 Å². The van der Waals surface area contributed by atoms with Crippen LogP contribution in [0.25, 0.3) is 0 Å². The van der Waals surface area contributed by atoms with Gasteiger partial charge in [0.15, 0.2) is 23.1 Å². The summed E-state index contributed by atoms with van der Waals surface area (Å²) in [6, 6.07) is 9.81. The first-order chi connectivity index (χ1) is 12.2. The van der Waals surface area contributed by atoms with Crippen LogP contribution in [0.3, 0.4) is 0 Å². The van der Waals surface area contributed by atoms with Gasteiger partial charge >= 0.3 is 0 Å². The van der Waals surface area contributed by atoms with Gasteiger partial charge in [-0.1, -0.05) is 6.07 Å². The fourth-order valence-corrected chi connectivity index (χ4v) is 4.19. The van der Waals surface area contributed by atoms with Gasteiger partial charge in [-0.2, -0.15) is 0 Å². The quantitative estimate of drug-likeness (QED) is 0.584. The maximum atomic E-state index is 13.2. The minimum Gasteiger partial charge on any atom is -0.454 e. The Hall–Kier alpha value is -2.12. The second-order valence-corrected chi connectivity index (χ2v) is 7.45. The molecule has 1 aliphatic rings. The third-order valence-corrected chi connectivity index (χ3v) is 5.59. The highest BCUT2D eigenvalue weighted by Crippen LogP contribution is 2.33. The fourth-order valence-electron chi connectivity index (χ4n) is 2.45. The van der Waals surface area contributed by atoms with E-state index in [9.17, 15) is 8.78 Å². The average Bonchev–Trinajstić information content (AvgIpc) is 3.25. The lowest BCUT2D eigenvalue weighted by atomic mass is 10.1. The second kappa shape index (κ2) is 7.01. The number of rotatable bonds is 5. The zero-order valence-corrected chi connectivity index (χ0v) is 14.6. The molecule has 3 nitrogen and oxygen atoms in total. The maximum absolute atomic E-state index is 13.2. The van der Waals surface area contributed by atoms with E-state index in [0.29, 0.717) is 10.6 Å². The highest BCUT2D eigenvalue weighted by atomic mass is 32.2. The van der Waals surface area contributed by atoms with Crippen molar-refractivity contribution in [1.82, 2.24) is 4.98 Å². The van der Waals surface area contributed by atoms with Crippen molar-refractivity contribution in [1.29, 1.82) is 0 Å². The van der Waals surface area contributed by atoms with Crippen LogP contribution in [0.1, 0.15) is 16.3 Å². The largest absolute Gasteiger partial charge is 0.454 e. The molecule has 0 saturated carbocycles. The molecule has 25 heavy (non-hydrogen) atoms. The summed E-state index contributed by atoms with van der Waals surface area (Å²) in [6.07, 6.45) is 0.719. The number of thioether (sulfide) groups is 1. The van der Waals surface area contributed by atoms with Crippen molar-refractivity contribution in [3.05, 3.63) is 69.7 Å². The molecule has 0 unspecified atom stereocenters. The van der Waals surface area contributed by atoms with Gasteiger partial charge in [0, 0.05) is 22.4 Å². The Morgan fingerprint density at radius 1 is 1.04 bits per heavy atom. The number of nitrogens with zero attached hydrogens (tertiary/aromatic N) is 1. The molecule has 3 aromatic rings. The van der Waals surface area contributed by atoms with Gasteiger partial charge in [-0.25, -0.2) is 13.8 Å². The van der Waals surface area contributed by atoms with Crippen LogP contribution in [0.5, 0.6) is 11.5 Å². The van der Waals surface area contributed by atoms with Crippen molar-refractivity contribution >= 4 is 23.1 Å². The monoisotopic (exact) mass is 377 g/mol. The van der Waals surface area contributed by atoms with Gasteiger partial charge in [0.1, 0.15) is 0 Å². The summed E-state index contributed by atoms with van der Waals surface area (Å²) in [5.74, 6) is 0.494. The maximum Gasteiger partial charge on any atom is 0.231 e. The average molecular weight is 377 g/mol. The molecule has 2 heterocycles. The van der Waals surface area contributed by atoms with Gasteiger partial charge in [-0.3, -0.25) is 0 Å². The van der Waals surface area contributed by atoms with E-state index >= 15 is 0 Å². The topological polar surface area (TPSA) is 31.4 Å². The number of benzene rings is 2. The minimum absolute atomic E-state index is 0.265. The van der Waals surface area contributed by atoms with E-state index in [1.165, 1.54) is 17.8 Å². The highest BCUT2D eigenvalue weighted by molar-refractivity contribution is 7.98. The molecule has 0 atom stereocenters. The fraction of sp³-hybridized carbons (Fsp3) is 0.167. The number of halogens is 2.